The maximum Gasteiger partial charge on any atom is 0.238 e. The number of hydrogen-bond donors (Lipinski definition) is 0. The van der Waals surface area contributed by atoms with Crippen molar-refractivity contribution in [3.63, 3.8) is 0 Å². The lowest BCUT2D eigenvalue weighted by atomic mass is 9.96. The van der Waals surface area contributed by atoms with E-state index in [0.717, 1.165) is 44.1 Å². The normalized spacial score (nSPS) is 12.9. The molecule has 0 radical (unpaired) electrons. The molecule has 0 saturated heterocycles. The topological polar surface area (TPSA) is 61.2 Å². The first-order valence-electron chi connectivity index (χ1n) is 18.0. The first-order chi connectivity index (χ1) is 26.3. The number of rotatable bonds is 3. The van der Waals surface area contributed by atoms with Crippen LogP contribution in [0.25, 0.3) is 132 Å². The van der Waals surface area contributed by atoms with Gasteiger partial charge in [-0.25, -0.2) is 4.98 Å². The molecule has 0 saturated carbocycles. The second-order valence-electron chi connectivity index (χ2n) is 14.3. The lowest BCUT2D eigenvalue weighted by Crippen LogP contribution is -2.06. The molecule has 6 nitrogen and oxygen atoms in total. The number of hydrogen-bond acceptors (Lipinski definition) is 4. The Morgan fingerprint density at radius 2 is 1.04 bits per heavy atom. The van der Waals surface area contributed by atoms with E-state index in [4.69, 9.17) is 19.4 Å². The highest BCUT2D eigenvalue weighted by atomic mass is 16.3. The Morgan fingerprint density at radius 1 is 0.415 bits per heavy atom. The maximum absolute atomic E-state index is 6.52. The molecule has 0 amide bonds. The second kappa shape index (κ2) is 8.94. The zero-order chi connectivity index (χ0) is 34.1. The number of aromatic nitrogens is 5. The van der Waals surface area contributed by atoms with E-state index in [1.807, 2.05) is 36.4 Å². The zero-order valence-electron chi connectivity index (χ0n) is 27.9. The van der Waals surface area contributed by atoms with Crippen LogP contribution in [0.1, 0.15) is 0 Å². The van der Waals surface area contributed by atoms with Crippen LogP contribution in [0.4, 0.5) is 0 Å². The van der Waals surface area contributed by atoms with E-state index in [-0.39, 0.29) is 0 Å². The van der Waals surface area contributed by atoms with Gasteiger partial charge >= 0.3 is 0 Å². The van der Waals surface area contributed by atoms with Gasteiger partial charge in [0.05, 0.1) is 33.1 Å². The molecular weight excluding hydrogens is 651 g/mol. The highest BCUT2D eigenvalue weighted by Crippen LogP contribution is 2.51. The number of nitrogens with zero attached hydrogens (tertiary/aromatic N) is 5. The van der Waals surface area contributed by atoms with Crippen LogP contribution in [0.2, 0.25) is 0 Å². The van der Waals surface area contributed by atoms with Gasteiger partial charge in [-0.3, -0.25) is 4.57 Å². The van der Waals surface area contributed by atoms with Gasteiger partial charge in [0.2, 0.25) is 5.95 Å². The predicted octanol–water partition coefficient (Wildman–Crippen LogP) is 12.0. The number of furan rings is 1. The van der Waals surface area contributed by atoms with E-state index in [0.29, 0.717) is 17.6 Å². The summed E-state index contributed by atoms with van der Waals surface area (Å²) in [5, 5.41) is 14.8. The third-order valence-corrected chi connectivity index (χ3v) is 11.8. The minimum atomic E-state index is 0.566. The third-order valence-electron chi connectivity index (χ3n) is 11.8. The Bertz CT molecular complexity index is 3790. The van der Waals surface area contributed by atoms with Crippen molar-refractivity contribution in [1.82, 2.24) is 23.9 Å². The highest BCUT2D eigenvalue weighted by Gasteiger charge is 2.29. The van der Waals surface area contributed by atoms with Crippen molar-refractivity contribution in [3.8, 4) is 28.7 Å². The molecule has 6 heteroatoms. The summed E-state index contributed by atoms with van der Waals surface area (Å²) >= 11 is 0. The fourth-order valence-corrected chi connectivity index (χ4v) is 9.68. The first-order valence-corrected chi connectivity index (χ1v) is 18.0. The summed E-state index contributed by atoms with van der Waals surface area (Å²) in [6, 6.07) is 49.6. The Hall–Kier alpha value is -7.31. The fraction of sp³-hybridized carbons (Fsp3) is 0. The molecule has 6 aromatic heterocycles. The average Bonchev–Trinajstić information content (AvgIpc) is 3.94. The Labute approximate surface area is 299 Å². The smallest absolute Gasteiger partial charge is 0.238 e. The third kappa shape index (κ3) is 3.04. The molecule has 0 unspecified atom stereocenters. The van der Waals surface area contributed by atoms with E-state index >= 15 is 0 Å². The molecule has 0 aliphatic rings. The van der Waals surface area contributed by atoms with Gasteiger partial charge in [-0.1, -0.05) is 115 Å². The van der Waals surface area contributed by atoms with Gasteiger partial charge in [-0.2, -0.15) is 9.97 Å². The summed E-state index contributed by atoms with van der Waals surface area (Å²) in [6.07, 6.45) is 0. The summed E-state index contributed by atoms with van der Waals surface area (Å²) in [4.78, 5) is 15.8. The van der Waals surface area contributed by atoms with E-state index < -0.39 is 0 Å². The van der Waals surface area contributed by atoms with Crippen molar-refractivity contribution in [1.29, 1.82) is 0 Å². The summed E-state index contributed by atoms with van der Waals surface area (Å²) in [7, 11) is 0. The van der Waals surface area contributed by atoms with Crippen LogP contribution in [0, 0.1) is 0 Å². The van der Waals surface area contributed by atoms with Crippen molar-refractivity contribution >= 4 is 103 Å². The molecule has 0 aliphatic carbocycles. The largest absolute Gasteiger partial charge is 0.455 e. The number of benzene rings is 8. The van der Waals surface area contributed by atoms with E-state index in [1.54, 1.807) is 0 Å². The molecular formula is C47H23N5O. The molecule has 0 N–H and O–H groups in total. The molecule has 0 aliphatic heterocycles. The van der Waals surface area contributed by atoms with Crippen molar-refractivity contribution in [3.05, 3.63) is 140 Å². The van der Waals surface area contributed by atoms with Crippen LogP contribution >= 0.6 is 0 Å². The molecule has 0 fully saturated rings. The first kappa shape index (κ1) is 26.5. The summed E-state index contributed by atoms with van der Waals surface area (Å²) in [6.45, 7) is 0. The van der Waals surface area contributed by atoms with Crippen LogP contribution < -0.4 is 0 Å². The molecule has 14 aromatic rings. The van der Waals surface area contributed by atoms with Crippen molar-refractivity contribution in [2.45, 2.75) is 0 Å². The molecule has 242 valence electrons. The van der Waals surface area contributed by atoms with Gasteiger partial charge in [0, 0.05) is 59.4 Å². The molecule has 0 atom stereocenters. The second-order valence-corrected chi connectivity index (χ2v) is 14.3. The van der Waals surface area contributed by atoms with Crippen molar-refractivity contribution < 1.29 is 4.42 Å². The molecule has 6 heterocycles. The standard InChI is InChI=1S/C47H23N5O/c1-2-8-26(9-3-1)45-48-46(33-14-7-13-32-27-10-4-5-15-36(27)53-44(32)33)50-47(49-45)51-34-22-19-24-16-17-25-18-20-30-28-11-6-12-29-31-21-23-35(51)40-39(34)37(24)38(25)42(30)52(41(28)29)43(31)40/h1-23H. The summed E-state index contributed by atoms with van der Waals surface area (Å²) in [5.74, 6) is 1.74. The minimum Gasteiger partial charge on any atom is -0.455 e. The minimum absolute atomic E-state index is 0.566. The van der Waals surface area contributed by atoms with E-state index in [9.17, 15) is 0 Å². The molecule has 53 heavy (non-hydrogen) atoms. The number of para-hydroxylation sites is 3. The van der Waals surface area contributed by atoms with Crippen molar-refractivity contribution in [2.24, 2.45) is 0 Å². The number of fused-ring (bicyclic) bond motifs is 5. The lowest BCUT2D eigenvalue weighted by molar-refractivity contribution is 0.669. The Morgan fingerprint density at radius 3 is 1.92 bits per heavy atom. The predicted molar refractivity (Wildman–Crippen MR) is 216 cm³/mol. The van der Waals surface area contributed by atoms with Crippen molar-refractivity contribution in [2.75, 3.05) is 0 Å². The Balaban J connectivity index is 1.18. The summed E-state index contributed by atoms with van der Waals surface area (Å²) in [5.41, 5.74) is 9.32. The van der Waals surface area contributed by atoms with Gasteiger partial charge in [0.15, 0.2) is 11.6 Å². The van der Waals surface area contributed by atoms with E-state index in [2.05, 4.69) is 112 Å². The van der Waals surface area contributed by atoms with Gasteiger partial charge in [0.25, 0.3) is 0 Å². The van der Waals surface area contributed by atoms with Crippen LogP contribution in [0.3, 0.4) is 0 Å². The quantitative estimate of drug-likeness (QED) is 0.175. The highest BCUT2D eigenvalue weighted by molar-refractivity contribution is 6.41. The van der Waals surface area contributed by atoms with Crippen LogP contribution in [0.5, 0.6) is 0 Å². The Kier molecular flexibility index (Phi) is 4.47. The zero-order valence-corrected chi connectivity index (χ0v) is 27.9. The van der Waals surface area contributed by atoms with E-state index in [1.165, 1.54) is 70.4 Å². The molecule has 14 rings (SSSR count). The van der Waals surface area contributed by atoms with Gasteiger partial charge in [-0.05, 0) is 35.0 Å². The molecule has 0 bridgehead atoms. The fourth-order valence-electron chi connectivity index (χ4n) is 9.68. The van der Waals surface area contributed by atoms with Crippen LogP contribution in [-0.4, -0.2) is 23.9 Å². The monoisotopic (exact) mass is 673 g/mol. The van der Waals surface area contributed by atoms with Gasteiger partial charge in [-0.15, -0.1) is 0 Å². The average molecular weight is 674 g/mol. The SMILES string of the molecule is c1ccc(-c2nc(-c3cccc4c3oc3ccccc34)nc(-n3c4ccc5ccc6ccc7c8cccc9c%10ccc3c3c4c5c6c7n(c89)c%103)n2)cc1. The van der Waals surface area contributed by atoms with Gasteiger partial charge in [0.1, 0.15) is 11.2 Å². The van der Waals surface area contributed by atoms with Gasteiger partial charge < -0.3 is 8.82 Å². The molecule has 8 aromatic carbocycles. The lowest BCUT2D eigenvalue weighted by Gasteiger charge is -2.12. The maximum atomic E-state index is 6.52. The summed E-state index contributed by atoms with van der Waals surface area (Å²) < 4.78 is 11.3. The van der Waals surface area contributed by atoms with Crippen LogP contribution in [0.15, 0.2) is 144 Å². The van der Waals surface area contributed by atoms with Crippen LogP contribution in [-0.2, 0) is 0 Å². The molecule has 0 spiro atoms.